The summed E-state index contributed by atoms with van der Waals surface area (Å²) in [6, 6.07) is 0. The van der Waals surface area contributed by atoms with Crippen LogP contribution >= 0.6 is 0 Å². The maximum atomic E-state index is 11.7. The molecule has 0 aromatic carbocycles. The molecule has 1 unspecified atom stereocenters. The summed E-state index contributed by atoms with van der Waals surface area (Å²) in [5, 5.41) is 12.8. The molecule has 82 valence electrons. The first-order valence-electron chi connectivity index (χ1n) is 4.94. The summed E-state index contributed by atoms with van der Waals surface area (Å²) in [5.41, 5.74) is 0. The minimum Gasteiger partial charge on any atom is -0.358 e. The molecule has 0 aliphatic carbocycles. The van der Waals surface area contributed by atoms with E-state index >= 15 is 0 Å². The Kier molecular flexibility index (Phi) is 3.86. The van der Waals surface area contributed by atoms with Gasteiger partial charge in [0.2, 0.25) is 5.79 Å². The zero-order chi connectivity index (χ0) is 10.6. The molecule has 0 aromatic rings. The second-order valence-electron chi connectivity index (χ2n) is 3.46. The van der Waals surface area contributed by atoms with Gasteiger partial charge in [-0.3, -0.25) is 4.79 Å². The van der Waals surface area contributed by atoms with Gasteiger partial charge in [0, 0.05) is 32.8 Å². The molecule has 5 heteroatoms. The molecular weight excluding hydrogens is 184 g/mol. The zero-order valence-corrected chi connectivity index (χ0v) is 8.75. The average Bonchev–Trinajstić information content (AvgIpc) is 2.18. The third-order valence-electron chi connectivity index (χ3n) is 2.23. The van der Waals surface area contributed by atoms with Crippen molar-refractivity contribution in [2.24, 2.45) is 0 Å². The molecule has 14 heavy (non-hydrogen) atoms. The highest BCUT2D eigenvalue weighted by Crippen LogP contribution is 2.11. The van der Waals surface area contributed by atoms with E-state index in [4.69, 9.17) is 4.74 Å². The first kappa shape index (κ1) is 11.4. The molecule has 1 aliphatic rings. The third kappa shape index (κ3) is 2.67. The number of hydrogen-bond acceptors (Lipinski definition) is 4. The zero-order valence-electron chi connectivity index (χ0n) is 8.75. The van der Waals surface area contributed by atoms with Crippen LogP contribution in [0.15, 0.2) is 0 Å². The van der Waals surface area contributed by atoms with Crippen molar-refractivity contribution in [3.05, 3.63) is 0 Å². The van der Waals surface area contributed by atoms with Gasteiger partial charge in [-0.1, -0.05) is 0 Å². The van der Waals surface area contributed by atoms with Crippen molar-refractivity contribution >= 4 is 5.91 Å². The topological polar surface area (TPSA) is 61.8 Å². The summed E-state index contributed by atoms with van der Waals surface area (Å²) < 4.78 is 4.99. The van der Waals surface area contributed by atoms with Gasteiger partial charge in [0.1, 0.15) is 0 Å². The standard InChI is InChI=1S/C9H18N2O3/c1-3-14-9(2,13)8(12)11-6-4-10-5-7-11/h10,13H,3-7H2,1-2H3. The smallest absolute Gasteiger partial charge is 0.282 e. The van der Waals surface area contributed by atoms with Crippen molar-refractivity contribution in [2.45, 2.75) is 19.6 Å². The fourth-order valence-corrected chi connectivity index (χ4v) is 1.50. The number of rotatable bonds is 3. The van der Waals surface area contributed by atoms with Gasteiger partial charge in [-0.25, -0.2) is 0 Å². The van der Waals surface area contributed by atoms with Crippen LogP contribution in [0.25, 0.3) is 0 Å². The Morgan fingerprint density at radius 2 is 2.14 bits per heavy atom. The van der Waals surface area contributed by atoms with E-state index in [0.717, 1.165) is 13.1 Å². The van der Waals surface area contributed by atoms with E-state index in [1.54, 1.807) is 11.8 Å². The molecular formula is C9H18N2O3. The van der Waals surface area contributed by atoms with Gasteiger partial charge in [0.05, 0.1) is 0 Å². The van der Waals surface area contributed by atoms with E-state index in [1.807, 2.05) is 0 Å². The van der Waals surface area contributed by atoms with Crippen LogP contribution < -0.4 is 5.32 Å². The maximum Gasteiger partial charge on any atom is 0.282 e. The van der Waals surface area contributed by atoms with E-state index in [9.17, 15) is 9.90 Å². The van der Waals surface area contributed by atoms with E-state index in [-0.39, 0.29) is 5.91 Å². The minimum absolute atomic E-state index is 0.324. The van der Waals surface area contributed by atoms with Crippen molar-refractivity contribution < 1.29 is 14.6 Å². The monoisotopic (exact) mass is 202 g/mol. The number of nitrogens with one attached hydrogen (secondary N) is 1. The second kappa shape index (κ2) is 4.72. The first-order chi connectivity index (χ1) is 6.58. The Hall–Kier alpha value is -0.650. The summed E-state index contributed by atoms with van der Waals surface area (Å²) in [5.74, 6) is -2.02. The number of aliphatic hydroxyl groups is 1. The van der Waals surface area contributed by atoms with Crippen LogP contribution in [0.5, 0.6) is 0 Å². The summed E-state index contributed by atoms with van der Waals surface area (Å²) in [7, 11) is 0. The summed E-state index contributed by atoms with van der Waals surface area (Å²) in [6.45, 7) is 6.26. The largest absolute Gasteiger partial charge is 0.358 e. The molecule has 0 radical (unpaired) electrons. The van der Waals surface area contributed by atoms with Crippen LogP contribution in [0.3, 0.4) is 0 Å². The molecule has 0 spiro atoms. The highest BCUT2D eigenvalue weighted by molar-refractivity contribution is 5.83. The van der Waals surface area contributed by atoms with Gasteiger partial charge in [0.25, 0.3) is 5.91 Å². The highest BCUT2D eigenvalue weighted by atomic mass is 16.6. The van der Waals surface area contributed by atoms with Crippen LogP contribution in [0.4, 0.5) is 0 Å². The Morgan fingerprint density at radius 3 is 2.64 bits per heavy atom. The molecule has 1 heterocycles. The van der Waals surface area contributed by atoms with Gasteiger partial charge in [-0.05, 0) is 13.8 Å². The SMILES string of the molecule is CCOC(C)(O)C(=O)N1CCNCC1. The van der Waals surface area contributed by atoms with Crippen molar-refractivity contribution in [1.29, 1.82) is 0 Å². The lowest BCUT2D eigenvalue weighted by molar-refractivity contribution is -0.208. The molecule has 0 aromatic heterocycles. The van der Waals surface area contributed by atoms with Crippen LogP contribution in [0.2, 0.25) is 0 Å². The Labute approximate surface area is 84.0 Å². The molecule has 1 fully saturated rings. The maximum absolute atomic E-state index is 11.7. The second-order valence-corrected chi connectivity index (χ2v) is 3.46. The lowest BCUT2D eigenvalue weighted by Crippen LogP contribution is -2.54. The molecule has 0 saturated carbocycles. The predicted octanol–water partition coefficient (Wildman–Crippen LogP) is -0.837. The molecule has 1 atom stereocenters. The van der Waals surface area contributed by atoms with E-state index in [0.29, 0.717) is 19.7 Å². The number of nitrogens with zero attached hydrogens (tertiary/aromatic N) is 1. The van der Waals surface area contributed by atoms with E-state index in [1.165, 1.54) is 6.92 Å². The van der Waals surface area contributed by atoms with Crippen LogP contribution in [0.1, 0.15) is 13.8 Å². The van der Waals surface area contributed by atoms with Gasteiger partial charge in [0.15, 0.2) is 0 Å². The van der Waals surface area contributed by atoms with E-state index < -0.39 is 5.79 Å². The third-order valence-corrected chi connectivity index (χ3v) is 2.23. The van der Waals surface area contributed by atoms with Crippen molar-refractivity contribution in [3.8, 4) is 0 Å². The molecule has 1 saturated heterocycles. The van der Waals surface area contributed by atoms with Gasteiger partial charge in [-0.2, -0.15) is 0 Å². The lowest BCUT2D eigenvalue weighted by Gasteiger charge is -2.33. The number of carbonyl (C=O) groups is 1. The number of amides is 1. The molecule has 1 rings (SSSR count). The van der Waals surface area contributed by atoms with Crippen molar-refractivity contribution in [2.75, 3.05) is 32.8 Å². The highest BCUT2D eigenvalue weighted by Gasteiger charge is 2.35. The minimum atomic E-state index is -1.67. The molecule has 0 bridgehead atoms. The molecule has 1 amide bonds. The van der Waals surface area contributed by atoms with E-state index in [2.05, 4.69) is 5.32 Å². The fourth-order valence-electron chi connectivity index (χ4n) is 1.50. The number of ether oxygens (including phenoxy) is 1. The van der Waals surface area contributed by atoms with Crippen LogP contribution in [-0.4, -0.2) is 54.5 Å². The molecule has 1 aliphatic heterocycles. The first-order valence-corrected chi connectivity index (χ1v) is 4.94. The van der Waals surface area contributed by atoms with Gasteiger partial charge in [-0.15, -0.1) is 0 Å². The van der Waals surface area contributed by atoms with Crippen molar-refractivity contribution in [1.82, 2.24) is 10.2 Å². The Balaban J connectivity index is 2.53. The number of carbonyl (C=O) groups excluding carboxylic acids is 1. The Bertz CT molecular complexity index is 200. The van der Waals surface area contributed by atoms with Crippen molar-refractivity contribution in [3.63, 3.8) is 0 Å². The van der Waals surface area contributed by atoms with Gasteiger partial charge < -0.3 is 20.1 Å². The summed E-state index contributed by atoms with van der Waals surface area (Å²) >= 11 is 0. The lowest BCUT2D eigenvalue weighted by atomic mass is 10.2. The quantitative estimate of drug-likeness (QED) is 0.586. The summed E-state index contributed by atoms with van der Waals surface area (Å²) in [6.07, 6.45) is 0. The van der Waals surface area contributed by atoms with Crippen LogP contribution in [-0.2, 0) is 9.53 Å². The normalized spacial score (nSPS) is 21.8. The number of hydrogen-bond donors (Lipinski definition) is 2. The van der Waals surface area contributed by atoms with Gasteiger partial charge >= 0.3 is 0 Å². The fraction of sp³-hybridized carbons (Fsp3) is 0.889. The summed E-state index contributed by atoms with van der Waals surface area (Å²) in [4.78, 5) is 13.4. The average molecular weight is 202 g/mol. The van der Waals surface area contributed by atoms with Crippen LogP contribution in [0, 0.1) is 0 Å². The predicted molar refractivity (Wildman–Crippen MR) is 51.7 cm³/mol. The molecule has 2 N–H and O–H groups in total. The Morgan fingerprint density at radius 1 is 1.57 bits per heavy atom. The number of piperazine rings is 1. The molecule has 5 nitrogen and oxygen atoms in total.